The summed E-state index contributed by atoms with van der Waals surface area (Å²) in [4.78, 5) is 11.8. The third-order valence-electron chi connectivity index (χ3n) is 4.78. The first kappa shape index (κ1) is 23.5. The highest BCUT2D eigenvalue weighted by Crippen LogP contribution is 2.34. The molecule has 2 aromatic carbocycles. The van der Waals surface area contributed by atoms with E-state index in [1.165, 1.54) is 0 Å². The quantitative estimate of drug-likeness (QED) is 0.418. The summed E-state index contributed by atoms with van der Waals surface area (Å²) in [6.45, 7) is 1.68. The molecule has 4 aromatic rings. The summed E-state index contributed by atoms with van der Waals surface area (Å²) in [5.41, 5.74) is 5.72. The second-order valence-electron chi connectivity index (χ2n) is 7.39. The minimum atomic E-state index is -4.70. The normalized spacial score (nSPS) is 12.5. The van der Waals surface area contributed by atoms with Gasteiger partial charge in [0.2, 0.25) is 11.8 Å². The summed E-state index contributed by atoms with van der Waals surface area (Å²) in [5.74, 6) is -0.481. The van der Waals surface area contributed by atoms with Gasteiger partial charge in [0.25, 0.3) is 5.89 Å². The second-order valence-corrected chi connectivity index (χ2v) is 7.80. The average molecular weight is 491 g/mol. The molecule has 2 aromatic heterocycles. The third-order valence-corrected chi connectivity index (χ3v) is 5.11. The van der Waals surface area contributed by atoms with Crippen LogP contribution in [0.15, 0.2) is 59.0 Å². The zero-order chi connectivity index (χ0) is 24.5. The van der Waals surface area contributed by atoms with Gasteiger partial charge in [-0.3, -0.25) is 4.79 Å². The number of halogens is 4. The second kappa shape index (κ2) is 9.27. The van der Waals surface area contributed by atoms with Crippen LogP contribution in [0.1, 0.15) is 18.2 Å². The minimum absolute atomic E-state index is 0.0503. The van der Waals surface area contributed by atoms with Crippen molar-refractivity contribution in [2.24, 2.45) is 5.73 Å². The Labute approximate surface area is 196 Å². The van der Waals surface area contributed by atoms with Crippen molar-refractivity contribution in [2.75, 3.05) is 0 Å². The number of aromatic nitrogens is 4. The van der Waals surface area contributed by atoms with Crippen LogP contribution in [0.5, 0.6) is 0 Å². The van der Waals surface area contributed by atoms with E-state index in [2.05, 4.69) is 20.6 Å². The summed E-state index contributed by atoms with van der Waals surface area (Å²) in [5, 5.41) is 14.6. The number of hydrogen-bond donors (Lipinski definition) is 2. The van der Waals surface area contributed by atoms with E-state index in [-0.39, 0.29) is 29.9 Å². The van der Waals surface area contributed by atoms with Crippen LogP contribution in [0.3, 0.4) is 0 Å². The van der Waals surface area contributed by atoms with Crippen LogP contribution in [0.2, 0.25) is 5.02 Å². The Bertz CT molecular complexity index is 1330. The van der Waals surface area contributed by atoms with Crippen molar-refractivity contribution in [3.05, 3.63) is 70.9 Å². The molecule has 0 spiro atoms. The van der Waals surface area contributed by atoms with Gasteiger partial charge in [-0.05, 0) is 36.8 Å². The minimum Gasteiger partial charge on any atom is -0.415 e. The van der Waals surface area contributed by atoms with E-state index < -0.39 is 17.9 Å². The number of rotatable bonds is 6. The number of carbonyl (C=O) groups excluding carboxylic acids is 1. The molecule has 0 bridgehead atoms. The zero-order valence-corrected chi connectivity index (χ0v) is 18.4. The van der Waals surface area contributed by atoms with E-state index in [4.69, 9.17) is 21.8 Å². The molecule has 0 aliphatic heterocycles. The van der Waals surface area contributed by atoms with Gasteiger partial charge in [0.15, 0.2) is 5.69 Å². The van der Waals surface area contributed by atoms with E-state index in [0.29, 0.717) is 21.8 Å². The zero-order valence-electron chi connectivity index (χ0n) is 17.7. The monoisotopic (exact) mass is 490 g/mol. The predicted octanol–water partition coefficient (Wildman–Crippen LogP) is 4.22. The maximum absolute atomic E-state index is 13.5. The van der Waals surface area contributed by atoms with E-state index in [0.717, 1.165) is 10.7 Å². The highest BCUT2D eigenvalue weighted by atomic mass is 35.5. The fourth-order valence-corrected chi connectivity index (χ4v) is 3.30. The maximum atomic E-state index is 13.5. The van der Waals surface area contributed by atoms with E-state index in [1.54, 1.807) is 55.5 Å². The topological polar surface area (TPSA) is 112 Å². The maximum Gasteiger partial charge on any atom is 0.435 e. The van der Waals surface area contributed by atoms with Crippen molar-refractivity contribution in [3.63, 3.8) is 0 Å². The van der Waals surface area contributed by atoms with E-state index in [1.807, 2.05) is 0 Å². The lowest BCUT2D eigenvalue weighted by atomic mass is 10.2. The first-order valence-corrected chi connectivity index (χ1v) is 10.4. The summed E-state index contributed by atoms with van der Waals surface area (Å²) in [7, 11) is 0. The molecule has 0 aliphatic carbocycles. The van der Waals surface area contributed by atoms with Gasteiger partial charge in [-0.15, -0.1) is 10.2 Å². The van der Waals surface area contributed by atoms with Crippen LogP contribution in [0, 0.1) is 0 Å². The molecule has 0 saturated heterocycles. The third kappa shape index (κ3) is 4.95. The van der Waals surface area contributed by atoms with Crippen LogP contribution in [0.25, 0.3) is 28.7 Å². The van der Waals surface area contributed by atoms with Gasteiger partial charge in [-0.25, -0.2) is 4.68 Å². The first-order valence-electron chi connectivity index (χ1n) is 10.0. The number of benzene rings is 2. The standard InChI is InChI=1S/C22H18ClF3N6O2/c1-12(27)19(33)28-11-13-5-4-6-14(9-13)32-17(10-18(31-32)22(24,25)26)21-30-29-20(34-21)15-7-2-3-8-16(15)23/h2-10,12H,11,27H2,1H3,(H,28,33). The number of nitrogens with zero attached hydrogens (tertiary/aromatic N) is 4. The van der Waals surface area contributed by atoms with Gasteiger partial charge >= 0.3 is 6.18 Å². The molecule has 4 rings (SSSR count). The van der Waals surface area contributed by atoms with Crippen molar-refractivity contribution < 1.29 is 22.4 Å². The Morgan fingerprint density at radius 1 is 1.15 bits per heavy atom. The number of nitrogens with two attached hydrogens (primary N) is 1. The van der Waals surface area contributed by atoms with Crippen LogP contribution >= 0.6 is 11.6 Å². The Morgan fingerprint density at radius 2 is 1.88 bits per heavy atom. The lowest BCUT2D eigenvalue weighted by Crippen LogP contribution is -2.37. The molecule has 2 heterocycles. The largest absolute Gasteiger partial charge is 0.435 e. The van der Waals surface area contributed by atoms with Crippen LogP contribution < -0.4 is 11.1 Å². The summed E-state index contributed by atoms with van der Waals surface area (Å²) in [6, 6.07) is 13.3. The van der Waals surface area contributed by atoms with Gasteiger partial charge in [-0.2, -0.15) is 18.3 Å². The SMILES string of the molecule is CC(N)C(=O)NCc1cccc(-n2nc(C(F)(F)F)cc2-c2nnc(-c3ccccc3Cl)o2)c1. The molecule has 8 nitrogen and oxygen atoms in total. The lowest BCUT2D eigenvalue weighted by molar-refractivity contribution is -0.141. The van der Waals surface area contributed by atoms with Crippen LogP contribution in [-0.2, 0) is 17.5 Å². The smallest absolute Gasteiger partial charge is 0.415 e. The van der Waals surface area contributed by atoms with Crippen molar-refractivity contribution in [2.45, 2.75) is 25.7 Å². The molecule has 1 unspecified atom stereocenters. The summed E-state index contributed by atoms with van der Waals surface area (Å²) in [6.07, 6.45) is -4.70. The van der Waals surface area contributed by atoms with Crippen molar-refractivity contribution in [1.82, 2.24) is 25.3 Å². The highest BCUT2D eigenvalue weighted by Gasteiger charge is 2.36. The van der Waals surface area contributed by atoms with Gasteiger partial charge in [0, 0.05) is 12.6 Å². The van der Waals surface area contributed by atoms with Gasteiger partial charge < -0.3 is 15.5 Å². The summed E-state index contributed by atoms with van der Waals surface area (Å²) < 4.78 is 47.2. The Kier molecular flexibility index (Phi) is 6.40. The molecule has 0 saturated carbocycles. The molecular formula is C22H18ClF3N6O2. The molecule has 34 heavy (non-hydrogen) atoms. The summed E-state index contributed by atoms with van der Waals surface area (Å²) >= 11 is 6.16. The highest BCUT2D eigenvalue weighted by molar-refractivity contribution is 6.33. The fraction of sp³-hybridized carbons (Fsp3) is 0.182. The number of hydrogen-bond acceptors (Lipinski definition) is 6. The molecule has 176 valence electrons. The molecular weight excluding hydrogens is 473 g/mol. The van der Waals surface area contributed by atoms with Crippen molar-refractivity contribution in [3.8, 4) is 28.7 Å². The Morgan fingerprint density at radius 3 is 2.59 bits per heavy atom. The number of alkyl halides is 3. The molecule has 1 amide bonds. The molecule has 0 radical (unpaired) electrons. The number of nitrogens with one attached hydrogen (secondary N) is 1. The molecule has 1 atom stereocenters. The molecule has 0 aliphatic rings. The average Bonchev–Trinajstić information content (AvgIpc) is 3.45. The number of amides is 1. The van der Waals surface area contributed by atoms with Gasteiger partial charge in [0.1, 0.15) is 5.69 Å². The van der Waals surface area contributed by atoms with Crippen molar-refractivity contribution >= 4 is 17.5 Å². The van der Waals surface area contributed by atoms with Gasteiger partial charge in [-0.1, -0.05) is 35.9 Å². The van der Waals surface area contributed by atoms with Crippen LogP contribution in [0.4, 0.5) is 13.2 Å². The lowest BCUT2D eigenvalue weighted by Gasteiger charge is -2.10. The molecule has 12 heteroatoms. The van der Waals surface area contributed by atoms with E-state index >= 15 is 0 Å². The molecule has 3 N–H and O–H groups in total. The van der Waals surface area contributed by atoms with E-state index in [9.17, 15) is 18.0 Å². The Balaban J connectivity index is 1.74. The fourth-order valence-electron chi connectivity index (χ4n) is 3.09. The Hall–Kier alpha value is -3.70. The molecule has 0 fully saturated rings. The first-order chi connectivity index (χ1) is 16.1. The predicted molar refractivity (Wildman–Crippen MR) is 118 cm³/mol. The van der Waals surface area contributed by atoms with Crippen molar-refractivity contribution in [1.29, 1.82) is 0 Å². The van der Waals surface area contributed by atoms with Gasteiger partial charge in [0.05, 0.1) is 22.3 Å². The van der Waals surface area contributed by atoms with Crippen LogP contribution in [-0.4, -0.2) is 31.9 Å². The number of carbonyl (C=O) groups is 1.